The van der Waals surface area contributed by atoms with Gasteiger partial charge in [0.15, 0.2) is 0 Å². The van der Waals surface area contributed by atoms with E-state index in [2.05, 4.69) is 10.3 Å². The van der Waals surface area contributed by atoms with Crippen LogP contribution in [0.4, 0.5) is 10.1 Å². The molecule has 0 fully saturated rings. The highest BCUT2D eigenvalue weighted by Crippen LogP contribution is 2.15. The highest BCUT2D eigenvalue weighted by molar-refractivity contribution is 6.03. The number of aryl methyl sites for hydroxylation is 1. The van der Waals surface area contributed by atoms with Gasteiger partial charge in [0.1, 0.15) is 11.5 Å². The molecule has 0 atom stereocenters. The van der Waals surface area contributed by atoms with Crippen LogP contribution in [0.2, 0.25) is 0 Å². The van der Waals surface area contributed by atoms with Crippen LogP contribution in [0.25, 0.3) is 0 Å². The van der Waals surface area contributed by atoms with E-state index in [1.807, 2.05) is 0 Å². The second kappa shape index (κ2) is 4.89. The minimum absolute atomic E-state index is 0.199. The van der Waals surface area contributed by atoms with Crippen LogP contribution in [0, 0.1) is 5.82 Å². The number of hydrogen-bond acceptors (Lipinski definition) is 3. The number of carbonyl (C=O) groups is 2. The zero-order valence-electron chi connectivity index (χ0n) is 9.92. The van der Waals surface area contributed by atoms with Crippen molar-refractivity contribution in [3.8, 4) is 0 Å². The Balaban J connectivity index is 2.25. The van der Waals surface area contributed by atoms with E-state index in [1.54, 1.807) is 7.05 Å². The average Bonchev–Trinajstić information content (AvgIpc) is 2.77. The van der Waals surface area contributed by atoms with Crippen molar-refractivity contribution in [1.29, 1.82) is 0 Å². The number of aromatic carboxylic acids is 1. The summed E-state index contributed by atoms with van der Waals surface area (Å²) in [6.07, 6.45) is 2.83. The number of hydrogen-bond donors (Lipinski definition) is 2. The second-order valence-electron chi connectivity index (χ2n) is 3.84. The Morgan fingerprint density at radius 3 is 2.74 bits per heavy atom. The van der Waals surface area contributed by atoms with E-state index >= 15 is 0 Å². The number of rotatable bonds is 3. The van der Waals surface area contributed by atoms with Crippen LogP contribution in [0.5, 0.6) is 0 Å². The molecule has 0 radical (unpaired) electrons. The van der Waals surface area contributed by atoms with Gasteiger partial charge in [0.2, 0.25) is 0 Å². The molecule has 1 amide bonds. The Bertz CT molecular complexity index is 651. The van der Waals surface area contributed by atoms with Crippen molar-refractivity contribution in [2.75, 3.05) is 5.32 Å². The first kappa shape index (κ1) is 12.7. The van der Waals surface area contributed by atoms with Crippen molar-refractivity contribution >= 4 is 17.6 Å². The highest BCUT2D eigenvalue weighted by atomic mass is 19.1. The standard InChI is InChI=1S/C12H10FN3O3/c1-16-6-14-5-10(16)11(17)15-7-2-3-9(13)8(4-7)12(18)19/h2-6H,1H3,(H,15,17)(H,18,19). The molecule has 0 aliphatic heterocycles. The summed E-state index contributed by atoms with van der Waals surface area (Å²) in [5, 5.41) is 11.3. The van der Waals surface area contributed by atoms with Crippen LogP contribution in [0.3, 0.4) is 0 Å². The van der Waals surface area contributed by atoms with Gasteiger partial charge in [-0.05, 0) is 18.2 Å². The SMILES string of the molecule is Cn1cncc1C(=O)Nc1ccc(F)c(C(=O)O)c1. The summed E-state index contributed by atoms with van der Waals surface area (Å²) in [7, 11) is 1.65. The van der Waals surface area contributed by atoms with Crippen LogP contribution in [-0.2, 0) is 7.05 Å². The van der Waals surface area contributed by atoms with Crippen molar-refractivity contribution in [2.45, 2.75) is 0 Å². The molecule has 0 saturated carbocycles. The lowest BCUT2D eigenvalue weighted by atomic mass is 10.2. The maximum absolute atomic E-state index is 13.2. The van der Waals surface area contributed by atoms with Crippen LogP contribution in [-0.4, -0.2) is 26.5 Å². The van der Waals surface area contributed by atoms with E-state index in [0.29, 0.717) is 5.69 Å². The third kappa shape index (κ3) is 2.59. The van der Waals surface area contributed by atoms with Crippen molar-refractivity contribution in [3.05, 3.63) is 47.8 Å². The summed E-state index contributed by atoms with van der Waals surface area (Å²) in [6.45, 7) is 0. The number of aromatic nitrogens is 2. The van der Waals surface area contributed by atoms with Crippen molar-refractivity contribution < 1.29 is 19.1 Å². The number of carboxylic acids is 1. The first-order valence-corrected chi connectivity index (χ1v) is 5.29. The number of nitrogens with zero attached hydrogens (tertiary/aromatic N) is 2. The predicted molar refractivity (Wildman–Crippen MR) is 64.5 cm³/mol. The molecule has 98 valence electrons. The van der Waals surface area contributed by atoms with Crippen molar-refractivity contribution in [3.63, 3.8) is 0 Å². The molecule has 2 aromatic rings. The zero-order chi connectivity index (χ0) is 14.0. The Morgan fingerprint density at radius 2 is 2.16 bits per heavy atom. The molecule has 2 rings (SSSR count). The number of halogens is 1. The fraction of sp³-hybridized carbons (Fsp3) is 0.0833. The molecule has 19 heavy (non-hydrogen) atoms. The third-order valence-electron chi connectivity index (χ3n) is 2.50. The van der Waals surface area contributed by atoms with Crippen LogP contribution >= 0.6 is 0 Å². The van der Waals surface area contributed by atoms with Crippen LogP contribution < -0.4 is 5.32 Å². The largest absolute Gasteiger partial charge is 0.478 e. The topological polar surface area (TPSA) is 84.2 Å². The molecule has 0 unspecified atom stereocenters. The summed E-state index contributed by atoms with van der Waals surface area (Å²) in [5.74, 6) is -2.71. The zero-order valence-corrected chi connectivity index (χ0v) is 9.92. The first-order chi connectivity index (χ1) is 8.99. The molecular weight excluding hydrogens is 253 g/mol. The van der Waals surface area contributed by atoms with Crippen molar-refractivity contribution in [1.82, 2.24) is 9.55 Å². The highest BCUT2D eigenvalue weighted by Gasteiger charge is 2.14. The summed E-state index contributed by atoms with van der Waals surface area (Å²) >= 11 is 0. The Hall–Kier alpha value is -2.70. The summed E-state index contributed by atoms with van der Waals surface area (Å²) in [4.78, 5) is 26.4. The van der Waals surface area contributed by atoms with E-state index in [4.69, 9.17) is 5.11 Å². The number of benzene rings is 1. The Labute approximate surface area is 107 Å². The molecule has 6 nitrogen and oxygen atoms in total. The number of nitrogens with one attached hydrogen (secondary N) is 1. The minimum atomic E-state index is -1.39. The molecule has 7 heteroatoms. The lowest BCUT2D eigenvalue weighted by Crippen LogP contribution is -2.16. The van der Waals surface area contributed by atoms with Gasteiger partial charge in [0.05, 0.1) is 18.1 Å². The van der Waals surface area contributed by atoms with Gasteiger partial charge in [0.25, 0.3) is 5.91 Å². The maximum atomic E-state index is 13.2. The molecule has 1 heterocycles. The van der Waals surface area contributed by atoms with E-state index < -0.39 is 23.3 Å². The Kier molecular flexibility index (Phi) is 3.28. The van der Waals surface area contributed by atoms with Crippen LogP contribution in [0.15, 0.2) is 30.7 Å². The molecule has 0 saturated heterocycles. The number of amides is 1. The number of carboxylic acid groups (broad SMARTS) is 1. The molecule has 1 aromatic heterocycles. The van der Waals surface area contributed by atoms with Crippen molar-refractivity contribution in [2.24, 2.45) is 7.05 Å². The van der Waals surface area contributed by atoms with Gasteiger partial charge in [-0.25, -0.2) is 14.2 Å². The normalized spacial score (nSPS) is 10.2. The molecule has 0 bridgehead atoms. The summed E-state index contributed by atoms with van der Waals surface area (Å²) in [5.41, 5.74) is 0.00834. The first-order valence-electron chi connectivity index (χ1n) is 5.29. The molecule has 2 N–H and O–H groups in total. The number of imidazole rings is 1. The van der Waals surface area contributed by atoms with Gasteiger partial charge in [-0.2, -0.15) is 0 Å². The van der Waals surface area contributed by atoms with Gasteiger partial charge in [-0.3, -0.25) is 4.79 Å². The number of carbonyl (C=O) groups excluding carboxylic acids is 1. The molecular formula is C12H10FN3O3. The predicted octanol–water partition coefficient (Wildman–Crippen LogP) is 1.51. The smallest absolute Gasteiger partial charge is 0.338 e. The van der Waals surface area contributed by atoms with Gasteiger partial charge in [-0.1, -0.05) is 0 Å². The average molecular weight is 263 g/mol. The summed E-state index contributed by atoms with van der Waals surface area (Å²) in [6, 6.07) is 3.34. The lowest BCUT2D eigenvalue weighted by Gasteiger charge is -2.06. The minimum Gasteiger partial charge on any atom is -0.478 e. The Morgan fingerprint density at radius 1 is 1.42 bits per heavy atom. The molecule has 0 aliphatic rings. The maximum Gasteiger partial charge on any atom is 0.338 e. The van der Waals surface area contributed by atoms with E-state index in [-0.39, 0.29) is 5.69 Å². The second-order valence-corrected chi connectivity index (χ2v) is 3.84. The van der Waals surface area contributed by atoms with Crippen LogP contribution in [0.1, 0.15) is 20.8 Å². The molecule has 1 aromatic carbocycles. The van der Waals surface area contributed by atoms with Gasteiger partial charge in [-0.15, -0.1) is 0 Å². The molecule has 0 aliphatic carbocycles. The van der Waals surface area contributed by atoms with Gasteiger partial charge in [0, 0.05) is 12.7 Å². The van der Waals surface area contributed by atoms with Gasteiger partial charge < -0.3 is 15.0 Å². The fourth-order valence-corrected chi connectivity index (χ4v) is 1.54. The molecule has 0 spiro atoms. The summed E-state index contributed by atoms with van der Waals surface area (Å²) < 4.78 is 14.7. The third-order valence-corrected chi connectivity index (χ3v) is 2.50. The van der Waals surface area contributed by atoms with E-state index in [1.165, 1.54) is 23.2 Å². The quantitative estimate of drug-likeness (QED) is 0.879. The van der Waals surface area contributed by atoms with Gasteiger partial charge >= 0.3 is 5.97 Å². The lowest BCUT2D eigenvalue weighted by molar-refractivity contribution is 0.0691. The monoisotopic (exact) mass is 263 g/mol. The van der Waals surface area contributed by atoms with E-state index in [0.717, 1.165) is 12.1 Å². The fourth-order valence-electron chi connectivity index (χ4n) is 1.54. The number of anilines is 1. The van der Waals surface area contributed by atoms with E-state index in [9.17, 15) is 14.0 Å².